The van der Waals surface area contributed by atoms with Gasteiger partial charge in [-0.2, -0.15) is 17.5 Å². The molecule has 6 nitrogen and oxygen atoms in total. The van der Waals surface area contributed by atoms with Gasteiger partial charge in [0, 0.05) is 32.4 Å². The van der Waals surface area contributed by atoms with Gasteiger partial charge in [-0.25, -0.2) is 8.42 Å². The van der Waals surface area contributed by atoms with Crippen LogP contribution in [0.25, 0.3) is 0 Å². The molecule has 0 atom stereocenters. The Labute approximate surface area is 179 Å². The van der Waals surface area contributed by atoms with Gasteiger partial charge in [0.15, 0.2) is 0 Å². The summed E-state index contributed by atoms with van der Waals surface area (Å²) >= 11 is 0. The molecule has 2 heterocycles. The second kappa shape index (κ2) is 8.23. The van der Waals surface area contributed by atoms with E-state index >= 15 is 0 Å². The number of hydrogen-bond donors (Lipinski definition) is 0. The number of hydrogen-bond acceptors (Lipinski definition) is 4. The quantitative estimate of drug-likeness (QED) is 0.710. The number of sulfonamides is 1. The van der Waals surface area contributed by atoms with Crippen molar-refractivity contribution in [2.24, 2.45) is 0 Å². The zero-order valence-electron chi connectivity index (χ0n) is 17.5. The Balaban J connectivity index is 1.66. The van der Waals surface area contributed by atoms with Gasteiger partial charge in [-0.1, -0.05) is 32.9 Å². The number of aromatic nitrogens is 1. The highest BCUT2D eigenvalue weighted by molar-refractivity contribution is 7.89. The molecule has 3 rings (SSSR count). The van der Waals surface area contributed by atoms with Crippen LogP contribution in [0.1, 0.15) is 42.4 Å². The van der Waals surface area contributed by atoms with Crippen LogP contribution in [0.2, 0.25) is 0 Å². The predicted octanol–water partition coefficient (Wildman–Crippen LogP) is 3.54. The molecule has 0 aliphatic carbocycles. The van der Waals surface area contributed by atoms with Crippen molar-refractivity contribution in [3.63, 3.8) is 0 Å². The van der Waals surface area contributed by atoms with E-state index < -0.39 is 27.8 Å². The van der Waals surface area contributed by atoms with Crippen LogP contribution in [-0.2, 0) is 21.6 Å². The van der Waals surface area contributed by atoms with Crippen LogP contribution in [-0.4, -0.2) is 54.7 Å². The molecule has 168 valence electrons. The van der Waals surface area contributed by atoms with E-state index in [2.05, 4.69) is 4.98 Å². The number of nitrogens with zero attached hydrogens (tertiary/aromatic N) is 3. The molecule has 0 spiro atoms. The molecule has 2 aromatic rings. The van der Waals surface area contributed by atoms with Crippen molar-refractivity contribution in [3.8, 4) is 0 Å². The van der Waals surface area contributed by atoms with E-state index in [1.165, 1.54) is 9.21 Å². The zero-order valence-corrected chi connectivity index (χ0v) is 18.3. The molecule has 1 aromatic heterocycles. The molecule has 31 heavy (non-hydrogen) atoms. The number of halogens is 3. The van der Waals surface area contributed by atoms with E-state index in [4.69, 9.17) is 0 Å². The summed E-state index contributed by atoms with van der Waals surface area (Å²) in [5.41, 5.74) is -0.118. The van der Waals surface area contributed by atoms with Crippen LogP contribution in [0.5, 0.6) is 0 Å². The first-order valence-corrected chi connectivity index (χ1v) is 11.2. The Kier molecular flexibility index (Phi) is 6.16. The first kappa shape index (κ1) is 23.2. The summed E-state index contributed by atoms with van der Waals surface area (Å²) in [7, 11) is -3.70. The summed E-state index contributed by atoms with van der Waals surface area (Å²) in [5, 5.41) is 0. The second-order valence-corrected chi connectivity index (χ2v) is 10.3. The van der Waals surface area contributed by atoms with Gasteiger partial charge in [-0.3, -0.25) is 9.78 Å². The Morgan fingerprint density at radius 1 is 0.935 bits per heavy atom. The Morgan fingerprint density at radius 2 is 1.52 bits per heavy atom. The lowest BCUT2D eigenvalue weighted by Crippen LogP contribution is -2.50. The fourth-order valence-electron chi connectivity index (χ4n) is 3.28. The van der Waals surface area contributed by atoms with Crippen LogP contribution >= 0.6 is 0 Å². The van der Waals surface area contributed by atoms with E-state index in [0.29, 0.717) is 0 Å². The average Bonchev–Trinajstić information content (AvgIpc) is 2.72. The molecule has 0 radical (unpaired) electrons. The summed E-state index contributed by atoms with van der Waals surface area (Å²) in [5.74, 6) is -0.479. The number of pyridine rings is 1. The maximum Gasteiger partial charge on any atom is 0.433 e. The van der Waals surface area contributed by atoms with Gasteiger partial charge in [-0.15, -0.1) is 0 Å². The first-order valence-electron chi connectivity index (χ1n) is 9.73. The van der Waals surface area contributed by atoms with Gasteiger partial charge < -0.3 is 4.90 Å². The molecule has 0 unspecified atom stereocenters. The lowest BCUT2D eigenvalue weighted by Gasteiger charge is -2.34. The highest BCUT2D eigenvalue weighted by atomic mass is 32.2. The van der Waals surface area contributed by atoms with Crippen LogP contribution < -0.4 is 0 Å². The van der Waals surface area contributed by atoms with Crippen LogP contribution in [0.4, 0.5) is 13.2 Å². The average molecular weight is 456 g/mol. The van der Waals surface area contributed by atoms with Gasteiger partial charge in [0.25, 0.3) is 5.91 Å². The Morgan fingerprint density at radius 3 is 1.97 bits per heavy atom. The molecule has 1 saturated heterocycles. The fraction of sp³-hybridized carbons (Fsp3) is 0.429. The fourth-order valence-corrected chi connectivity index (χ4v) is 4.70. The third-order valence-electron chi connectivity index (χ3n) is 5.18. The minimum absolute atomic E-state index is 0.0297. The molecule has 1 aliphatic heterocycles. The molecule has 1 amide bonds. The number of carbonyl (C=O) groups is 1. The molecule has 0 saturated carbocycles. The summed E-state index contributed by atoms with van der Waals surface area (Å²) in [6.07, 6.45) is -3.68. The lowest BCUT2D eigenvalue weighted by molar-refractivity contribution is -0.141. The largest absolute Gasteiger partial charge is 0.433 e. The van der Waals surface area contributed by atoms with Crippen molar-refractivity contribution in [3.05, 3.63) is 59.4 Å². The third kappa shape index (κ3) is 5.07. The minimum Gasteiger partial charge on any atom is -0.336 e. The van der Waals surface area contributed by atoms with Crippen molar-refractivity contribution >= 4 is 15.9 Å². The van der Waals surface area contributed by atoms with Crippen LogP contribution in [0.3, 0.4) is 0 Å². The smallest absolute Gasteiger partial charge is 0.336 e. The molecular formula is C21H24F3N3O3S. The van der Waals surface area contributed by atoms with Gasteiger partial charge in [0.05, 0.1) is 10.5 Å². The molecule has 1 fully saturated rings. The Hall–Kier alpha value is -2.46. The van der Waals surface area contributed by atoms with E-state index in [9.17, 15) is 26.4 Å². The first-order chi connectivity index (χ1) is 14.3. The van der Waals surface area contributed by atoms with E-state index in [1.54, 1.807) is 24.3 Å². The SMILES string of the molecule is CC(C)(C)c1ccc(S(=O)(=O)N2CCN(C(=O)c3ccc(C(F)(F)F)nc3)CC2)cc1. The monoisotopic (exact) mass is 455 g/mol. The number of alkyl halides is 3. The lowest BCUT2D eigenvalue weighted by atomic mass is 9.87. The van der Waals surface area contributed by atoms with Crippen LogP contribution in [0.15, 0.2) is 47.5 Å². The molecule has 1 aromatic carbocycles. The van der Waals surface area contributed by atoms with Crippen molar-refractivity contribution in [1.82, 2.24) is 14.2 Å². The zero-order chi connectivity index (χ0) is 23.0. The standard InChI is InChI=1S/C21H24F3N3O3S/c1-20(2,3)16-5-7-17(8-6-16)31(29,30)27-12-10-26(11-13-27)19(28)15-4-9-18(25-14-15)21(22,23)24/h4-9,14H,10-13H2,1-3H3. The number of piperazine rings is 1. The number of rotatable bonds is 3. The molecule has 1 aliphatic rings. The van der Waals surface area contributed by atoms with Crippen molar-refractivity contribution in [2.45, 2.75) is 37.3 Å². The maximum atomic E-state index is 12.9. The van der Waals surface area contributed by atoms with Crippen LogP contribution in [0, 0.1) is 0 Å². The summed E-state index contributed by atoms with van der Waals surface area (Å²) in [6.45, 7) is 6.60. The number of amides is 1. The predicted molar refractivity (Wildman–Crippen MR) is 109 cm³/mol. The molecule has 0 bridgehead atoms. The molecule has 0 N–H and O–H groups in total. The van der Waals surface area contributed by atoms with E-state index in [-0.39, 0.29) is 42.1 Å². The summed E-state index contributed by atoms with van der Waals surface area (Å²) < 4.78 is 65.1. The summed E-state index contributed by atoms with van der Waals surface area (Å²) in [4.78, 5) is 17.5. The van der Waals surface area contributed by atoms with Gasteiger partial charge in [0.1, 0.15) is 5.69 Å². The molecular weight excluding hydrogens is 431 g/mol. The van der Waals surface area contributed by atoms with Gasteiger partial charge in [0.2, 0.25) is 10.0 Å². The van der Waals surface area contributed by atoms with Crippen molar-refractivity contribution in [1.29, 1.82) is 0 Å². The van der Waals surface area contributed by atoms with Gasteiger partial charge in [-0.05, 0) is 35.2 Å². The number of carbonyl (C=O) groups excluding carboxylic acids is 1. The molecule has 10 heteroatoms. The second-order valence-electron chi connectivity index (χ2n) is 8.40. The minimum atomic E-state index is -4.58. The number of benzene rings is 1. The third-order valence-corrected chi connectivity index (χ3v) is 7.10. The maximum absolute atomic E-state index is 12.9. The van der Waals surface area contributed by atoms with Crippen molar-refractivity contribution < 1.29 is 26.4 Å². The summed E-state index contributed by atoms with van der Waals surface area (Å²) in [6, 6.07) is 8.60. The topological polar surface area (TPSA) is 70.6 Å². The normalized spacial score (nSPS) is 16.4. The van der Waals surface area contributed by atoms with E-state index in [1.807, 2.05) is 20.8 Å². The van der Waals surface area contributed by atoms with Crippen molar-refractivity contribution in [2.75, 3.05) is 26.2 Å². The van der Waals surface area contributed by atoms with E-state index in [0.717, 1.165) is 23.9 Å². The Bertz CT molecular complexity index is 1040. The highest BCUT2D eigenvalue weighted by Crippen LogP contribution is 2.28. The van der Waals surface area contributed by atoms with Gasteiger partial charge >= 0.3 is 6.18 Å². The highest BCUT2D eigenvalue weighted by Gasteiger charge is 2.33.